The number of methoxy groups -OCH3 is 2. The third kappa shape index (κ3) is 3.72. The predicted octanol–water partition coefficient (Wildman–Crippen LogP) is 2.90. The Labute approximate surface area is 98.9 Å². The lowest BCUT2D eigenvalue weighted by Gasteiger charge is -2.12. The van der Waals surface area contributed by atoms with Gasteiger partial charge in [0, 0.05) is 19.3 Å². The lowest BCUT2D eigenvalue weighted by Crippen LogP contribution is -2.17. The molecule has 0 spiro atoms. The minimum Gasteiger partial charge on any atom is -0.496 e. The van der Waals surface area contributed by atoms with Crippen molar-refractivity contribution in [3.63, 3.8) is 0 Å². The molecule has 1 rings (SSSR count). The van der Waals surface area contributed by atoms with Crippen LogP contribution in [0.25, 0.3) is 0 Å². The van der Waals surface area contributed by atoms with E-state index >= 15 is 0 Å². The topological polar surface area (TPSA) is 30.5 Å². The Hall–Kier alpha value is -0.740. The van der Waals surface area contributed by atoms with Crippen LogP contribution in [0.4, 0.5) is 5.69 Å². The maximum Gasteiger partial charge on any atom is 0.133 e. The van der Waals surface area contributed by atoms with E-state index in [2.05, 4.69) is 21.2 Å². The number of hydrogen-bond acceptors (Lipinski definition) is 3. The first-order valence-electron chi connectivity index (χ1n) is 4.77. The van der Waals surface area contributed by atoms with Crippen LogP contribution in [0, 0.1) is 0 Å². The van der Waals surface area contributed by atoms with Crippen molar-refractivity contribution in [2.75, 3.05) is 26.1 Å². The molecule has 84 valence electrons. The van der Waals surface area contributed by atoms with Crippen molar-refractivity contribution >= 4 is 21.6 Å². The Morgan fingerprint density at radius 2 is 2.13 bits per heavy atom. The molecule has 0 aliphatic heterocycles. The molecular weight excluding hydrogens is 258 g/mol. The van der Waals surface area contributed by atoms with Gasteiger partial charge in [0.1, 0.15) is 5.75 Å². The van der Waals surface area contributed by atoms with Gasteiger partial charge in [-0.15, -0.1) is 0 Å². The Balaban J connectivity index is 2.59. The molecule has 0 amide bonds. The van der Waals surface area contributed by atoms with Gasteiger partial charge in [0.25, 0.3) is 0 Å². The fourth-order valence-electron chi connectivity index (χ4n) is 1.12. The highest BCUT2D eigenvalue weighted by Crippen LogP contribution is 2.27. The minimum atomic E-state index is 0.200. The van der Waals surface area contributed by atoms with Crippen LogP contribution >= 0.6 is 15.9 Å². The molecule has 0 heterocycles. The van der Waals surface area contributed by atoms with Crippen LogP contribution in [-0.2, 0) is 4.74 Å². The summed E-state index contributed by atoms with van der Waals surface area (Å²) in [4.78, 5) is 0. The molecule has 0 aliphatic carbocycles. The first-order chi connectivity index (χ1) is 7.17. The van der Waals surface area contributed by atoms with Crippen LogP contribution < -0.4 is 10.1 Å². The van der Waals surface area contributed by atoms with Crippen LogP contribution in [0.15, 0.2) is 22.7 Å². The van der Waals surface area contributed by atoms with E-state index in [-0.39, 0.29) is 6.10 Å². The molecule has 15 heavy (non-hydrogen) atoms. The Bertz CT molecular complexity index is 317. The maximum atomic E-state index is 5.15. The normalized spacial score (nSPS) is 12.3. The minimum absolute atomic E-state index is 0.200. The van der Waals surface area contributed by atoms with E-state index in [1.54, 1.807) is 14.2 Å². The molecule has 4 heteroatoms. The highest BCUT2D eigenvalue weighted by Gasteiger charge is 2.02. The van der Waals surface area contributed by atoms with Gasteiger partial charge < -0.3 is 14.8 Å². The third-order valence-electron chi connectivity index (χ3n) is 2.15. The number of rotatable bonds is 5. The number of halogens is 1. The second-order valence-electron chi connectivity index (χ2n) is 3.28. The lowest BCUT2D eigenvalue weighted by atomic mass is 10.3. The lowest BCUT2D eigenvalue weighted by molar-refractivity contribution is 0.129. The molecule has 1 aromatic rings. The molecule has 1 unspecified atom stereocenters. The molecule has 1 aromatic carbocycles. The first-order valence-corrected chi connectivity index (χ1v) is 5.57. The van der Waals surface area contributed by atoms with Crippen LogP contribution in [0.5, 0.6) is 5.75 Å². The zero-order valence-electron chi connectivity index (χ0n) is 9.21. The summed E-state index contributed by atoms with van der Waals surface area (Å²) in [6, 6.07) is 5.89. The molecule has 0 aromatic heterocycles. The number of hydrogen-bond donors (Lipinski definition) is 1. The molecule has 0 radical (unpaired) electrons. The highest BCUT2D eigenvalue weighted by molar-refractivity contribution is 9.10. The van der Waals surface area contributed by atoms with Crippen molar-refractivity contribution in [3.8, 4) is 5.75 Å². The van der Waals surface area contributed by atoms with E-state index in [1.807, 2.05) is 25.1 Å². The fraction of sp³-hybridized carbons (Fsp3) is 0.455. The summed E-state index contributed by atoms with van der Waals surface area (Å²) in [5.41, 5.74) is 1.05. The summed E-state index contributed by atoms with van der Waals surface area (Å²) in [5, 5.41) is 3.28. The van der Waals surface area contributed by atoms with Crippen LogP contribution in [-0.4, -0.2) is 26.9 Å². The molecule has 1 atom stereocenters. The smallest absolute Gasteiger partial charge is 0.133 e. The third-order valence-corrected chi connectivity index (χ3v) is 2.77. The average Bonchev–Trinajstić information content (AvgIpc) is 2.26. The fourth-order valence-corrected chi connectivity index (χ4v) is 1.66. The van der Waals surface area contributed by atoms with E-state index in [4.69, 9.17) is 9.47 Å². The largest absolute Gasteiger partial charge is 0.496 e. The number of anilines is 1. The van der Waals surface area contributed by atoms with Crippen LogP contribution in [0.2, 0.25) is 0 Å². The molecule has 0 bridgehead atoms. The van der Waals surface area contributed by atoms with Crippen LogP contribution in [0.1, 0.15) is 6.92 Å². The summed E-state index contributed by atoms with van der Waals surface area (Å²) in [7, 11) is 3.36. The van der Waals surface area contributed by atoms with Crippen molar-refractivity contribution in [2.45, 2.75) is 13.0 Å². The van der Waals surface area contributed by atoms with Gasteiger partial charge in [-0.2, -0.15) is 0 Å². The van der Waals surface area contributed by atoms with Crippen molar-refractivity contribution in [1.82, 2.24) is 0 Å². The second kappa shape index (κ2) is 5.98. The molecule has 1 N–H and O–H groups in total. The van der Waals surface area contributed by atoms with Gasteiger partial charge >= 0.3 is 0 Å². The SMILES string of the molecule is COc1ccc(NCC(C)OC)cc1Br. The van der Waals surface area contributed by atoms with E-state index in [0.717, 1.165) is 22.5 Å². The Morgan fingerprint density at radius 1 is 1.40 bits per heavy atom. The summed E-state index contributed by atoms with van der Waals surface area (Å²) in [6.07, 6.45) is 0.200. The zero-order chi connectivity index (χ0) is 11.3. The molecule has 3 nitrogen and oxygen atoms in total. The Morgan fingerprint density at radius 3 is 2.67 bits per heavy atom. The molecule has 0 aliphatic rings. The number of benzene rings is 1. The predicted molar refractivity (Wildman–Crippen MR) is 65.7 cm³/mol. The summed E-state index contributed by atoms with van der Waals surface area (Å²) < 4.78 is 11.2. The monoisotopic (exact) mass is 273 g/mol. The average molecular weight is 274 g/mol. The number of ether oxygens (including phenoxy) is 2. The van der Waals surface area contributed by atoms with Gasteiger partial charge in [-0.05, 0) is 41.1 Å². The van der Waals surface area contributed by atoms with Crippen molar-refractivity contribution in [2.24, 2.45) is 0 Å². The second-order valence-corrected chi connectivity index (χ2v) is 4.13. The first kappa shape index (κ1) is 12.3. The van der Waals surface area contributed by atoms with Crippen molar-refractivity contribution < 1.29 is 9.47 Å². The summed E-state index contributed by atoms with van der Waals surface area (Å²) >= 11 is 3.44. The van der Waals surface area contributed by atoms with Crippen molar-refractivity contribution in [3.05, 3.63) is 22.7 Å². The molecule has 0 fully saturated rings. The van der Waals surface area contributed by atoms with Gasteiger partial charge in [-0.25, -0.2) is 0 Å². The highest BCUT2D eigenvalue weighted by atomic mass is 79.9. The zero-order valence-corrected chi connectivity index (χ0v) is 10.8. The molecule has 0 saturated heterocycles. The van der Waals surface area contributed by atoms with E-state index < -0.39 is 0 Å². The van der Waals surface area contributed by atoms with Gasteiger partial charge in [0.15, 0.2) is 0 Å². The van der Waals surface area contributed by atoms with Crippen molar-refractivity contribution in [1.29, 1.82) is 0 Å². The van der Waals surface area contributed by atoms with E-state index in [1.165, 1.54) is 0 Å². The standard InChI is InChI=1S/C11H16BrNO2/c1-8(14-2)7-13-9-4-5-11(15-3)10(12)6-9/h4-6,8,13H,7H2,1-3H3. The molecule has 0 saturated carbocycles. The van der Waals surface area contributed by atoms with Crippen LogP contribution in [0.3, 0.4) is 0 Å². The van der Waals surface area contributed by atoms with Gasteiger partial charge in [-0.1, -0.05) is 0 Å². The summed E-state index contributed by atoms with van der Waals surface area (Å²) in [5.74, 6) is 0.834. The maximum absolute atomic E-state index is 5.15. The van der Waals surface area contributed by atoms with E-state index in [9.17, 15) is 0 Å². The van der Waals surface area contributed by atoms with Gasteiger partial charge in [0.2, 0.25) is 0 Å². The van der Waals surface area contributed by atoms with Gasteiger partial charge in [-0.3, -0.25) is 0 Å². The Kier molecular flexibility index (Phi) is 4.91. The quantitative estimate of drug-likeness (QED) is 0.895. The molecular formula is C11H16BrNO2. The number of nitrogens with one attached hydrogen (secondary N) is 1. The van der Waals surface area contributed by atoms with E-state index in [0.29, 0.717) is 0 Å². The summed E-state index contributed by atoms with van der Waals surface area (Å²) in [6.45, 7) is 2.81. The van der Waals surface area contributed by atoms with Gasteiger partial charge in [0.05, 0.1) is 17.7 Å².